The SMILES string of the molecule is Cn1nc(C2CC2)c2c(-c3ccc(NC(=O)Nc4ccccc4C(F)(F)F)cc3)cc(C3CC3)nc21. The molecule has 0 radical (unpaired) electrons. The predicted molar refractivity (Wildman–Crippen MR) is 132 cm³/mol. The minimum Gasteiger partial charge on any atom is -0.308 e. The second-order valence-corrected chi connectivity index (χ2v) is 9.55. The van der Waals surface area contributed by atoms with E-state index in [1.165, 1.54) is 18.2 Å². The number of urea groups is 1. The van der Waals surface area contributed by atoms with E-state index in [9.17, 15) is 18.0 Å². The summed E-state index contributed by atoms with van der Waals surface area (Å²) in [6, 6.07) is 13.6. The van der Waals surface area contributed by atoms with Gasteiger partial charge in [-0.05, 0) is 67.1 Å². The first-order valence-electron chi connectivity index (χ1n) is 12.0. The molecule has 2 aliphatic carbocycles. The van der Waals surface area contributed by atoms with Crippen molar-refractivity contribution in [2.24, 2.45) is 7.05 Å². The Morgan fingerprint density at radius 3 is 2.33 bits per heavy atom. The summed E-state index contributed by atoms with van der Waals surface area (Å²) in [6.07, 6.45) is -0.0233. The van der Waals surface area contributed by atoms with Gasteiger partial charge in [0.05, 0.1) is 22.3 Å². The summed E-state index contributed by atoms with van der Waals surface area (Å²) < 4.78 is 41.6. The Bertz CT molecular complexity index is 1470. The first-order chi connectivity index (χ1) is 17.3. The third kappa shape index (κ3) is 4.29. The monoisotopic (exact) mass is 491 g/mol. The van der Waals surface area contributed by atoms with Crippen molar-refractivity contribution in [2.45, 2.75) is 43.7 Å². The highest BCUT2D eigenvalue weighted by Crippen LogP contribution is 2.47. The Morgan fingerprint density at radius 1 is 0.972 bits per heavy atom. The number of benzene rings is 2. The van der Waals surface area contributed by atoms with Gasteiger partial charge in [-0.2, -0.15) is 18.3 Å². The minimum absolute atomic E-state index is 0.296. The number of aromatic nitrogens is 3. The number of nitrogens with one attached hydrogen (secondary N) is 2. The lowest BCUT2D eigenvalue weighted by atomic mass is 9.98. The van der Waals surface area contributed by atoms with Crippen molar-refractivity contribution >= 4 is 28.4 Å². The number of halogens is 3. The van der Waals surface area contributed by atoms with Gasteiger partial charge in [0.15, 0.2) is 5.65 Å². The molecular formula is C27H24F3N5O. The molecule has 6 rings (SSSR count). The van der Waals surface area contributed by atoms with Crippen LogP contribution in [0.2, 0.25) is 0 Å². The van der Waals surface area contributed by atoms with Crippen LogP contribution in [0.1, 0.15) is 54.5 Å². The van der Waals surface area contributed by atoms with Crippen LogP contribution in [-0.4, -0.2) is 20.8 Å². The number of para-hydroxylation sites is 1. The number of amides is 2. The molecule has 2 saturated carbocycles. The van der Waals surface area contributed by atoms with E-state index >= 15 is 0 Å². The minimum atomic E-state index is -4.56. The summed E-state index contributed by atoms with van der Waals surface area (Å²) in [5.41, 5.74) is 4.39. The second-order valence-electron chi connectivity index (χ2n) is 9.55. The average Bonchev–Trinajstić information content (AvgIpc) is 3.77. The van der Waals surface area contributed by atoms with E-state index < -0.39 is 17.8 Å². The molecule has 36 heavy (non-hydrogen) atoms. The third-order valence-corrected chi connectivity index (χ3v) is 6.73. The molecule has 0 aliphatic heterocycles. The largest absolute Gasteiger partial charge is 0.418 e. The summed E-state index contributed by atoms with van der Waals surface area (Å²) in [4.78, 5) is 17.4. The molecule has 2 N–H and O–H groups in total. The number of hydrogen-bond acceptors (Lipinski definition) is 3. The average molecular weight is 492 g/mol. The van der Waals surface area contributed by atoms with Crippen LogP contribution >= 0.6 is 0 Å². The Kier molecular flexibility index (Phi) is 5.24. The number of rotatable bonds is 5. The fourth-order valence-corrected chi connectivity index (χ4v) is 4.61. The van der Waals surface area contributed by atoms with E-state index in [2.05, 4.69) is 16.7 Å². The Morgan fingerprint density at radius 2 is 1.67 bits per heavy atom. The number of carbonyl (C=O) groups is 1. The van der Waals surface area contributed by atoms with Crippen molar-refractivity contribution in [3.05, 3.63) is 71.5 Å². The predicted octanol–water partition coefficient (Wildman–Crippen LogP) is 7.05. The van der Waals surface area contributed by atoms with Crippen molar-refractivity contribution in [1.29, 1.82) is 0 Å². The first kappa shape index (κ1) is 22.6. The maximum Gasteiger partial charge on any atom is 0.418 e. The fraction of sp³-hybridized carbons (Fsp3) is 0.296. The zero-order valence-electron chi connectivity index (χ0n) is 19.6. The van der Waals surface area contributed by atoms with E-state index in [-0.39, 0.29) is 5.69 Å². The molecule has 0 unspecified atom stereocenters. The lowest BCUT2D eigenvalue weighted by molar-refractivity contribution is -0.136. The summed E-state index contributed by atoms with van der Waals surface area (Å²) in [7, 11) is 1.93. The number of nitrogens with zero attached hydrogens (tertiary/aromatic N) is 3. The zero-order chi connectivity index (χ0) is 25.0. The molecule has 2 amide bonds. The zero-order valence-corrected chi connectivity index (χ0v) is 19.6. The van der Waals surface area contributed by atoms with Crippen LogP contribution in [0.5, 0.6) is 0 Å². The molecule has 0 saturated heterocycles. The van der Waals surface area contributed by atoms with E-state index in [0.29, 0.717) is 17.5 Å². The fourth-order valence-electron chi connectivity index (χ4n) is 4.61. The number of aryl methyl sites for hydroxylation is 1. The van der Waals surface area contributed by atoms with Crippen molar-refractivity contribution in [1.82, 2.24) is 14.8 Å². The molecule has 2 fully saturated rings. The molecule has 4 aromatic rings. The van der Waals surface area contributed by atoms with Crippen molar-refractivity contribution in [2.75, 3.05) is 10.6 Å². The summed E-state index contributed by atoms with van der Waals surface area (Å²) >= 11 is 0. The number of hydrogen-bond donors (Lipinski definition) is 2. The molecular weight excluding hydrogens is 467 g/mol. The van der Waals surface area contributed by atoms with Crippen LogP contribution in [0.4, 0.5) is 29.3 Å². The van der Waals surface area contributed by atoms with E-state index in [1.54, 1.807) is 12.1 Å². The Balaban J connectivity index is 1.28. The highest BCUT2D eigenvalue weighted by Gasteiger charge is 2.34. The van der Waals surface area contributed by atoms with Gasteiger partial charge in [-0.3, -0.25) is 4.68 Å². The summed E-state index contributed by atoms with van der Waals surface area (Å²) in [6.45, 7) is 0. The van der Waals surface area contributed by atoms with Crippen LogP contribution in [0.15, 0.2) is 54.6 Å². The maximum absolute atomic E-state index is 13.2. The molecule has 2 aromatic heterocycles. The quantitative estimate of drug-likeness (QED) is 0.314. The van der Waals surface area contributed by atoms with Gasteiger partial charge in [0, 0.05) is 30.3 Å². The van der Waals surface area contributed by atoms with Gasteiger partial charge in [-0.1, -0.05) is 24.3 Å². The molecule has 6 nitrogen and oxygen atoms in total. The van der Waals surface area contributed by atoms with Gasteiger partial charge in [-0.15, -0.1) is 0 Å². The number of carbonyl (C=O) groups excluding carboxylic acids is 1. The van der Waals surface area contributed by atoms with Gasteiger partial charge >= 0.3 is 12.2 Å². The van der Waals surface area contributed by atoms with Gasteiger partial charge in [0.2, 0.25) is 0 Å². The lowest BCUT2D eigenvalue weighted by Crippen LogP contribution is -2.21. The van der Waals surface area contributed by atoms with E-state index in [1.807, 2.05) is 23.9 Å². The molecule has 0 bridgehead atoms. The van der Waals surface area contributed by atoms with Crippen molar-refractivity contribution < 1.29 is 18.0 Å². The van der Waals surface area contributed by atoms with Crippen LogP contribution in [0.25, 0.3) is 22.2 Å². The Labute approximate surface area is 205 Å². The summed E-state index contributed by atoms with van der Waals surface area (Å²) in [5, 5.41) is 10.8. The van der Waals surface area contributed by atoms with Crippen LogP contribution < -0.4 is 10.6 Å². The third-order valence-electron chi connectivity index (χ3n) is 6.73. The number of pyridine rings is 1. The molecule has 184 valence electrons. The van der Waals surface area contributed by atoms with Crippen molar-refractivity contribution in [3.63, 3.8) is 0 Å². The molecule has 2 aliphatic rings. The highest BCUT2D eigenvalue weighted by atomic mass is 19.4. The van der Waals surface area contributed by atoms with Gasteiger partial charge in [-0.25, -0.2) is 9.78 Å². The van der Waals surface area contributed by atoms with Gasteiger partial charge in [0.25, 0.3) is 0 Å². The summed E-state index contributed by atoms with van der Waals surface area (Å²) in [5.74, 6) is 0.946. The van der Waals surface area contributed by atoms with Crippen LogP contribution in [0.3, 0.4) is 0 Å². The smallest absolute Gasteiger partial charge is 0.308 e. The molecule has 9 heteroatoms. The maximum atomic E-state index is 13.2. The molecule has 2 heterocycles. The van der Waals surface area contributed by atoms with E-state index in [0.717, 1.165) is 65.3 Å². The van der Waals surface area contributed by atoms with Gasteiger partial charge in [0.1, 0.15) is 0 Å². The molecule has 2 aromatic carbocycles. The highest BCUT2D eigenvalue weighted by molar-refractivity contribution is 6.01. The Hall–Kier alpha value is -3.88. The normalized spacial score (nSPS) is 15.8. The standard InChI is InChI=1S/C27H24F3N5O/c1-35-25-23(24(34-35)17-8-9-17)19(14-22(32-25)16-6-7-16)15-10-12-18(13-11-15)31-26(36)33-21-5-3-2-4-20(21)27(28,29)30/h2-5,10-14,16-17H,6-9H2,1H3,(H2,31,33,36). The second kappa shape index (κ2) is 8.36. The van der Waals surface area contributed by atoms with Crippen LogP contribution in [-0.2, 0) is 13.2 Å². The topological polar surface area (TPSA) is 71.8 Å². The van der Waals surface area contributed by atoms with Crippen molar-refractivity contribution in [3.8, 4) is 11.1 Å². The number of alkyl halides is 3. The lowest BCUT2D eigenvalue weighted by Gasteiger charge is -2.14. The van der Waals surface area contributed by atoms with Gasteiger partial charge < -0.3 is 10.6 Å². The van der Waals surface area contributed by atoms with Crippen LogP contribution in [0, 0.1) is 0 Å². The first-order valence-corrected chi connectivity index (χ1v) is 12.0. The number of anilines is 2. The number of fused-ring (bicyclic) bond motifs is 1. The molecule has 0 spiro atoms. The molecule has 0 atom stereocenters. The van der Waals surface area contributed by atoms with E-state index in [4.69, 9.17) is 10.1 Å².